The van der Waals surface area contributed by atoms with Crippen LogP contribution in [0.5, 0.6) is 0 Å². The van der Waals surface area contributed by atoms with Gasteiger partial charge in [-0.15, -0.1) is 0 Å². The van der Waals surface area contributed by atoms with Crippen LogP contribution in [-0.4, -0.2) is 28.4 Å². The van der Waals surface area contributed by atoms with Crippen LogP contribution < -0.4 is 0 Å². The van der Waals surface area contributed by atoms with Gasteiger partial charge in [0.1, 0.15) is 0 Å². The highest BCUT2D eigenvalue weighted by molar-refractivity contribution is 6.70. The SMILES string of the molecule is CCC=CCN(O[Si](C)(C)C)O[Si](C)(C)C. The molecule has 0 aromatic carbocycles. The number of rotatable bonds is 7. The van der Waals surface area contributed by atoms with Crippen molar-refractivity contribution in [2.75, 3.05) is 6.54 Å². The van der Waals surface area contributed by atoms with Crippen LogP contribution in [0, 0.1) is 0 Å². The van der Waals surface area contributed by atoms with E-state index in [0.29, 0.717) is 6.54 Å². The Bertz CT molecular complexity index is 203. The van der Waals surface area contributed by atoms with Gasteiger partial charge in [0.2, 0.25) is 16.6 Å². The zero-order valence-electron chi connectivity index (χ0n) is 11.8. The normalized spacial score (nSPS) is 14.0. The van der Waals surface area contributed by atoms with E-state index < -0.39 is 16.6 Å². The standard InChI is InChI=1S/C11H27NO2Si2/c1-8-9-10-11-12(13-15(2,3)4)14-16(5,6)7/h9-10H,8,11H2,1-7H3. The van der Waals surface area contributed by atoms with E-state index in [4.69, 9.17) is 9.05 Å². The van der Waals surface area contributed by atoms with Crippen molar-refractivity contribution in [1.82, 2.24) is 5.23 Å². The summed E-state index contributed by atoms with van der Waals surface area (Å²) >= 11 is 0. The molecule has 0 heterocycles. The van der Waals surface area contributed by atoms with E-state index >= 15 is 0 Å². The van der Waals surface area contributed by atoms with Gasteiger partial charge >= 0.3 is 0 Å². The average molecular weight is 262 g/mol. The second-order valence-electron chi connectivity index (χ2n) is 5.80. The van der Waals surface area contributed by atoms with Gasteiger partial charge in [0, 0.05) is 0 Å². The van der Waals surface area contributed by atoms with Gasteiger partial charge in [0.05, 0.1) is 6.54 Å². The van der Waals surface area contributed by atoms with E-state index in [1.807, 2.05) is 0 Å². The third-order valence-electron chi connectivity index (χ3n) is 1.41. The predicted octanol–water partition coefficient (Wildman–Crippen LogP) is 3.79. The Kier molecular flexibility index (Phi) is 6.73. The molecule has 16 heavy (non-hydrogen) atoms. The molecule has 0 aliphatic carbocycles. The number of nitrogens with zero attached hydrogens (tertiary/aromatic N) is 1. The average Bonchev–Trinajstić information content (AvgIpc) is 1.97. The van der Waals surface area contributed by atoms with Crippen molar-refractivity contribution in [3.8, 4) is 0 Å². The lowest BCUT2D eigenvalue weighted by atomic mass is 10.4. The minimum absolute atomic E-state index is 0.711. The van der Waals surface area contributed by atoms with Gasteiger partial charge in [-0.2, -0.15) is 0 Å². The summed E-state index contributed by atoms with van der Waals surface area (Å²) < 4.78 is 11.8. The van der Waals surface area contributed by atoms with Crippen molar-refractivity contribution in [2.24, 2.45) is 0 Å². The maximum Gasteiger partial charge on any atom is 0.215 e. The highest BCUT2D eigenvalue weighted by Crippen LogP contribution is 2.12. The minimum Gasteiger partial charge on any atom is -0.322 e. The molecule has 3 nitrogen and oxygen atoms in total. The zero-order valence-corrected chi connectivity index (χ0v) is 13.8. The Balaban J connectivity index is 4.33. The quantitative estimate of drug-likeness (QED) is 0.395. The maximum atomic E-state index is 5.89. The lowest BCUT2D eigenvalue weighted by Gasteiger charge is -2.32. The Morgan fingerprint density at radius 1 is 0.875 bits per heavy atom. The summed E-state index contributed by atoms with van der Waals surface area (Å²) in [6.07, 6.45) is 5.28. The lowest BCUT2D eigenvalue weighted by molar-refractivity contribution is -0.264. The van der Waals surface area contributed by atoms with Crippen molar-refractivity contribution in [3.05, 3.63) is 12.2 Å². The second kappa shape index (κ2) is 6.71. The fraction of sp³-hybridized carbons (Fsp3) is 0.818. The molecule has 0 aliphatic rings. The van der Waals surface area contributed by atoms with Crippen molar-refractivity contribution in [2.45, 2.75) is 52.6 Å². The zero-order chi connectivity index (χ0) is 12.8. The second-order valence-corrected chi connectivity index (χ2v) is 14.6. The van der Waals surface area contributed by atoms with Crippen molar-refractivity contribution >= 4 is 16.6 Å². The largest absolute Gasteiger partial charge is 0.322 e. The molecule has 0 bridgehead atoms. The van der Waals surface area contributed by atoms with Crippen LogP contribution in [-0.2, 0) is 9.05 Å². The maximum absolute atomic E-state index is 5.89. The smallest absolute Gasteiger partial charge is 0.215 e. The van der Waals surface area contributed by atoms with Crippen LogP contribution in [0.25, 0.3) is 0 Å². The predicted molar refractivity (Wildman–Crippen MR) is 75.0 cm³/mol. The van der Waals surface area contributed by atoms with Crippen molar-refractivity contribution in [1.29, 1.82) is 0 Å². The first-order valence-corrected chi connectivity index (χ1v) is 12.8. The van der Waals surface area contributed by atoms with Crippen LogP contribution in [0.2, 0.25) is 39.3 Å². The molecule has 0 radical (unpaired) electrons. The van der Waals surface area contributed by atoms with Crippen LogP contribution in [0.4, 0.5) is 0 Å². The number of hydrogen-bond acceptors (Lipinski definition) is 3. The molecule has 0 fully saturated rings. The van der Waals surface area contributed by atoms with Crippen LogP contribution in [0.1, 0.15) is 13.3 Å². The Morgan fingerprint density at radius 3 is 1.62 bits per heavy atom. The summed E-state index contributed by atoms with van der Waals surface area (Å²) in [6.45, 7) is 15.8. The van der Waals surface area contributed by atoms with Gasteiger partial charge in [0.25, 0.3) is 0 Å². The first kappa shape index (κ1) is 16.1. The molecule has 0 atom stereocenters. The number of allylic oxidation sites excluding steroid dienone is 1. The molecule has 0 spiro atoms. The molecule has 0 aromatic rings. The van der Waals surface area contributed by atoms with E-state index in [1.165, 1.54) is 0 Å². The Labute approximate surface area is 103 Å². The first-order valence-electron chi connectivity index (χ1n) is 5.95. The molecule has 0 unspecified atom stereocenters. The van der Waals surface area contributed by atoms with Gasteiger partial charge in [-0.3, -0.25) is 0 Å². The van der Waals surface area contributed by atoms with E-state index in [-0.39, 0.29) is 0 Å². The van der Waals surface area contributed by atoms with E-state index in [2.05, 4.69) is 58.4 Å². The lowest BCUT2D eigenvalue weighted by Crippen LogP contribution is -2.43. The highest BCUT2D eigenvalue weighted by atomic mass is 28.4. The van der Waals surface area contributed by atoms with E-state index in [0.717, 1.165) is 6.42 Å². The van der Waals surface area contributed by atoms with Crippen LogP contribution in [0.15, 0.2) is 12.2 Å². The molecule has 0 aliphatic heterocycles. The van der Waals surface area contributed by atoms with E-state index in [1.54, 1.807) is 5.23 Å². The summed E-state index contributed by atoms with van der Waals surface area (Å²) in [5.41, 5.74) is 0. The number of hydrogen-bond donors (Lipinski definition) is 0. The molecular formula is C11H27NO2Si2. The van der Waals surface area contributed by atoms with Gasteiger partial charge in [-0.25, -0.2) is 0 Å². The minimum atomic E-state index is -1.59. The van der Waals surface area contributed by atoms with Gasteiger partial charge < -0.3 is 9.05 Å². The molecule has 0 aromatic heterocycles. The fourth-order valence-corrected chi connectivity index (χ4v) is 2.55. The third kappa shape index (κ3) is 10.6. The summed E-state index contributed by atoms with van der Waals surface area (Å²) in [5.74, 6) is 0. The topological polar surface area (TPSA) is 21.7 Å². The summed E-state index contributed by atoms with van der Waals surface area (Å²) in [6, 6.07) is 0. The van der Waals surface area contributed by atoms with Crippen molar-refractivity contribution < 1.29 is 9.05 Å². The molecule has 0 amide bonds. The summed E-state index contributed by atoms with van der Waals surface area (Å²) in [4.78, 5) is 0. The molecular weight excluding hydrogens is 234 g/mol. The van der Waals surface area contributed by atoms with Gasteiger partial charge in [0.15, 0.2) is 0 Å². The summed E-state index contributed by atoms with van der Waals surface area (Å²) in [7, 11) is -3.18. The monoisotopic (exact) mass is 261 g/mol. The fourth-order valence-electron chi connectivity index (χ4n) is 1.03. The van der Waals surface area contributed by atoms with Crippen LogP contribution >= 0.6 is 0 Å². The third-order valence-corrected chi connectivity index (χ3v) is 2.91. The van der Waals surface area contributed by atoms with E-state index in [9.17, 15) is 0 Å². The van der Waals surface area contributed by atoms with Crippen LogP contribution in [0.3, 0.4) is 0 Å². The highest BCUT2D eigenvalue weighted by Gasteiger charge is 2.25. The number of hydroxylamine groups is 2. The Hall–Kier alpha value is 0.0538. The van der Waals surface area contributed by atoms with Gasteiger partial charge in [-0.05, 0) is 45.7 Å². The summed E-state index contributed by atoms with van der Waals surface area (Å²) in [5, 5.41) is 1.69. The molecule has 0 N–H and O–H groups in total. The molecule has 96 valence electrons. The molecule has 0 rings (SSSR count). The molecule has 0 saturated carbocycles. The van der Waals surface area contributed by atoms with Crippen molar-refractivity contribution in [3.63, 3.8) is 0 Å². The molecule has 5 heteroatoms. The van der Waals surface area contributed by atoms with Gasteiger partial charge in [-0.1, -0.05) is 24.3 Å². The Morgan fingerprint density at radius 2 is 1.31 bits per heavy atom. The first-order chi connectivity index (χ1) is 7.14. The molecule has 0 saturated heterocycles.